The molecule has 4 atom stereocenters. The molecule has 2 fully saturated rings. The molecule has 0 radical (unpaired) electrons. The molecular formula is C14H22BrFN2. The van der Waals surface area contributed by atoms with Crippen LogP contribution in [0.15, 0.2) is 10.6 Å². The van der Waals surface area contributed by atoms with Crippen molar-refractivity contribution in [3.05, 3.63) is 10.6 Å². The maximum atomic E-state index is 13.5. The Hall–Kier alpha value is 0.0700. The number of fused-ring (bicyclic) bond motifs is 1. The Morgan fingerprint density at radius 1 is 1.28 bits per heavy atom. The van der Waals surface area contributed by atoms with Crippen molar-refractivity contribution in [2.45, 2.75) is 38.5 Å². The van der Waals surface area contributed by atoms with Gasteiger partial charge >= 0.3 is 0 Å². The number of hydrogen-bond donors (Lipinski definition) is 0. The number of nitrogens with zero attached hydrogens (tertiary/aromatic N) is 2. The summed E-state index contributed by atoms with van der Waals surface area (Å²) in [5.41, 5.74) is 0. The largest absolute Gasteiger partial charge is 0.298 e. The van der Waals surface area contributed by atoms with Crippen LogP contribution in [0.1, 0.15) is 20.3 Å². The molecular weight excluding hydrogens is 295 g/mol. The van der Waals surface area contributed by atoms with Crippen molar-refractivity contribution in [3.63, 3.8) is 0 Å². The van der Waals surface area contributed by atoms with E-state index in [2.05, 4.69) is 45.7 Å². The quantitative estimate of drug-likeness (QED) is 0.772. The van der Waals surface area contributed by atoms with Crippen LogP contribution in [0.3, 0.4) is 0 Å². The van der Waals surface area contributed by atoms with Gasteiger partial charge in [0.25, 0.3) is 0 Å². The molecule has 0 amide bonds. The Labute approximate surface area is 117 Å². The van der Waals surface area contributed by atoms with E-state index in [1.807, 2.05) is 0 Å². The monoisotopic (exact) mass is 316 g/mol. The van der Waals surface area contributed by atoms with E-state index in [0.29, 0.717) is 12.1 Å². The Kier molecular flexibility index (Phi) is 3.54. The number of piperazine rings is 1. The number of hydrogen-bond acceptors (Lipinski definition) is 2. The minimum atomic E-state index is -0.586. The first kappa shape index (κ1) is 13.1. The fourth-order valence-electron chi connectivity index (χ4n) is 3.45. The van der Waals surface area contributed by atoms with Crippen LogP contribution in [0, 0.1) is 11.8 Å². The van der Waals surface area contributed by atoms with Gasteiger partial charge in [0.1, 0.15) is 6.17 Å². The highest BCUT2D eigenvalue weighted by atomic mass is 79.9. The van der Waals surface area contributed by atoms with Gasteiger partial charge in [-0.25, -0.2) is 4.39 Å². The van der Waals surface area contributed by atoms with Crippen LogP contribution in [0.2, 0.25) is 0 Å². The van der Waals surface area contributed by atoms with Crippen molar-refractivity contribution >= 4 is 15.9 Å². The number of halogens is 2. The lowest BCUT2D eigenvalue weighted by molar-refractivity contribution is 0.0852. The lowest BCUT2D eigenvalue weighted by Crippen LogP contribution is -2.52. The number of alkyl halides is 1. The van der Waals surface area contributed by atoms with E-state index in [9.17, 15) is 4.39 Å². The van der Waals surface area contributed by atoms with E-state index in [4.69, 9.17) is 0 Å². The van der Waals surface area contributed by atoms with Gasteiger partial charge in [-0.15, -0.1) is 0 Å². The summed E-state index contributed by atoms with van der Waals surface area (Å²) in [6, 6.07) is 1.10. The molecule has 1 heterocycles. The molecule has 3 rings (SSSR count). The Balaban J connectivity index is 1.59. The van der Waals surface area contributed by atoms with Gasteiger partial charge in [-0.05, 0) is 24.8 Å². The number of allylic oxidation sites excluding steroid dienone is 1. The Morgan fingerprint density at radius 3 is 2.50 bits per heavy atom. The molecule has 4 unspecified atom stereocenters. The standard InChI is InChI=1S/C14H22BrFN2/c1-9(2)17-3-5-18(6-4-17)10-7-11-13(14(11)16)12(15)8-10/h8-11,13-14H,3-7H2,1-2H3. The molecule has 0 bridgehead atoms. The molecule has 2 aliphatic carbocycles. The van der Waals surface area contributed by atoms with E-state index in [1.54, 1.807) is 0 Å². The summed E-state index contributed by atoms with van der Waals surface area (Å²) in [4.78, 5) is 5.05. The summed E-state index contributed by atoms with van der Waals surface area (Å²) in [6.07, 6.45) is 2.69. The van der Waals surface area contributed by atoms with Crippen molar-refractivity contribution < 1.29 is 4.39 Å². The third-order valence-electron chi connectivity index (χ3n) is 4.80. The van der Waals surface area contributed by atoms with Crippen LogP contribution < -0.4 is 0 Å². The lowest BCUT2D eigenvalue weighted by atomic mass is 10.0. The fourth-order valence-corrected chi connectivity index (χ4v) is 4.34. The summed E-state index contributed by atoms with van der Waals surface area (Å²) in [5.74, 6) is 0.482. The molecule has 0 spiro atoms. The van der Waals surface area contributed by atoms with E-state index in [1.165, 1.54) is 0 Å². The lowest BCUT2D eigenvalue weighted by Gasteiger charge is -2.40. The first-order chi connectivity index (χ1) is 8.58. The molecule has 1 saturated carbocycles. The summed E-state index contributed by atoms with van der Waals surface area (Å²) in [6.45, 7) is 9.05. The zero-order valence-corrected chi connectivity index (χ0v) is 12.7. The van der Waals surface area contributed by atoms with Gasteiger partial charge in [-0.3, -0.25) is 9.80 Å². The first-order valence-electron chi connectivity index (χ1n) is 7.07. The minimum absolute atomic E-state index is 0.193. The second-order valence-electron chi connectivity index (χ2n) is 6.15. The third kappa shape index (κ3) is 2.27. The molecule has 3 aliphatic rings. The molecule has 18 heavy (non-hydrogen) atoms. The second kappa shape index (κ2) is 4.88. The van der Waals surface area contributed by atoms with Crippen molar-refractivity contribution in [2.75, 3.05) is 26.2 Å². The van der Waals surface area contributed by atoms with E-state index in [0.717, 1.165) is 37.1 Å². The molecule has 2 nitrogen and oxygen atoms in total. The SMILES string of the molecule is CC(C)N1CCN(C2C=C(Br)C3C(F)C3C2)CC1. The molecule has 0 N–H and O–H groups in total. The zero-order valence-electron chi connectivity index (χ0n) is 11.1. The zero-order chi connectivity index (χ0) is 12.9. The molecule has 1 saturated heterocycles. The average Bonchev–Trinajstić information content (AvgIpc) is 3.01. The van der Waals surface area contributed by atoms with Crippen LogP contribution in [-0.2, 0) is 0 Å². The van der Waals surface area contributed by atoms with Gasteiger partial charge in [0.15, 0.2) is 0 Å². The predicted molar refractivity (Wildman–Crippen MR) is 75.6 cm³/mol. The maximum absolute atomic E-state index is 13.5. The normalized spacial score (nSPS) is 41.7. The van der Waals surface area contributed by atoms with Gasteiger partial charge in [0.05, 0.1) is 0 Å². The average molecular weight is 317 g/mol. The molecule has 0 aromatic carbocycles. The van der Waals surface area contributed by atoms with Crippen LogP contribution in [0.25, 0.3) is 0 Å². The molecule has 0 aromatic rings. The topological polar surface area (TPSA) is 6.48 Å². The van der Waals surface area contributed by atoms with E-state index >= 15 is 0 Å². The molecule has 4 heteroatoms. The van der Waals surface area contributed by atoms with Crippen LogP contribution in [0.4, 0.5) is 4.39 Å². The summed E-state index contributed by atoms with van der Waals surface area (Å²) >= 11 is 3.56. The highest BCUT2D eigenvalue weighted by Gasteiger charge is 2.55. The highest BCUT2D eigenvalue weighted by Crippen LogP contribution is 2.55. The molecule has 102 valence electrons. The van der Waals surface area contributed by atoms with E-state index in [-0.39, 0.29) is 11.8 Å². The Morgan fingerprint density at radius 2 is 1.94 bits per heavy atom. The smallest absolute Gasteiger partial charge is 0.111 e. The number of rotatable bonds is 2. The summed E-state index contributed by atoms with van der Waals surface area (Å²) < 4.78 is 14.7. The van der Waals surface area contributed by atoms with Crippen molar-refractivity contribution in [3.8, 4) is 0 Å². The van der Waals surface area contributed by atoms with Crippen molar-refractivity contribution in [2.24, 2.45) is 11.8 Å². The highest BCUT2D eigenvalue weighted by molar-refractivity contribution is 9.11. The fraction of sp³-hybridized carbons (Fsp3) is 0.857. The minimum Gasteiger partial charge on any atom is -0.298 e. The predicted octanol–water partition coefficient (Wildman–Crippen LogP) is 2.65. The van der Waals surface area contributed by atoms with Crippen LogP contribution >= 0.6 is 15.9 Å². The van der Waals surface area contributed by atoms with Gasteiger partial charge in [-0.2, -0.15) is 0 Å². The summed E-state index contributed by atoms with van der Waals surface area (Å²) in [7, 11) is 0. The first-order valence-corrected chi connectivity index (χ1v) is 7.86. The van der Waals surface area contributed by atoms with Crippen LogP contribution in [-0.4, -0.2) is 54.2 Å². The van der Waals surface area contributed by atoms with E-state index < -0.39 is 6.17 Å². The summed E-state index contributed by atoms with van der Waals surface area (Å²) in [5, 5.41) is 0. The van der Waals surface area contributed by atoms with Crippen LogP contribution in [0.5, 0.6) is 0 Å². The second-order valence-corrected chi connectivity index (χ2v) is 7.07. The molecule has 1 aliphatic heterocycles. The van der Waals surface area contributed by atoms with Crippen molar-refractivity contribution in [1.82, 2.24) is 9.80 Å². The van der Waals surface area contributed by atoms with Gasteiger partial charge in [0.2, 0.25) is 0 Å². The molecule has 0 aromatic heterocycles. The third-order valence-corrected chi connectivity index (χ3v) is 5.60. The van der Waals surface area contributed by atoms with Crippen molar-refractivity contribution in [1.29, 1.82) is 0 Å². The van der Waals surface area contributed by atoms with Gasteiger partial charge in [0, 0.05) is 50.1 Å². The van der Waals surface area contributed by atoms with Gasteiger partial charge in [-0.1, -0.05) is 22.0 Å². The Bertz CT molecular complexity index is 350. The van der Waals surface area contributed by atoms with Gasteiger partial charge < -0.3 is 0 Å². The maximum Gasteiger partial charge on any atom is 0.111 e.